The number of likely N-dealkylation sites (tertiary alicyclic amines) is 1. The number of hydrogen-bond acceptors (Lipinski definition) is 3. The van der Waals surface area contributed by atoms with E-state index in [1.807, 2.05) is 4.90 Å². The lowest BCUT2D eigenvalue weighted by atomic mass is 9.87. The van der Waals surface area contributed by atoms with Crippen LogP contribution < -0.4 is 5.73 Å². The third kappa shape index (κ3) is 3.95. The average Bonchev–Trinajstić information content (AvgIpc) is 3.00. The van der Waals surface area contributed by atoms with Gasteiger partial charge < -0.3 is 15.7 Å². The number of nitrogens with two attached hydrogens (primary N) is 1. The van der Waals surface area contributed by atoms with Crippen molar-refractivity contribution in [3.63, 3.8) is 0 Å². The molecule has 1 aromatic carbocycles. The fourth-order valence-corrected chi connectivity index (χ4v) is 4.07. The van der Waals surface area contributed by atoms with E-state index in [1.54, 1.807) is 12.1 Å². The van der Waals surface area contributed by atoms with Gasteiger partial charge in [-0.1, -0.05) is 18.6 Å². The third-order valence-electron chi connectivity index (χ3n) is 5.71. The maximum atomic E-state index is 13.0. The average molecular weight is 334 g/mol. The predicted molar refractivity (Wildman–Crippen MR) is 90.6 cm³/mol. The van der Waals surface area contributed by atoms with Crippen molar-refractivity contribution in [2.45, 2.75) is 50.7 Å². The van der Waals surface area contributed by atoms with Crippen molar-refractivity contribution in [1.82, 2.24) is 4.90 Å². The van der Waals surface area contributed by atoms with Crippen LogP contribution in [0.1, 0.15) is 50.2 Å². The van der Waals surface area contributed by atoms with Crippen molar-refractivity contribution in [3.05, 3.63) is 35.6 Å². The van der Waals surface area contributed by atoms with E-state index in [0.29, 0.717) is 25.4 Å². The highest BCUT2D eigenvalue weighted by Gasteiger charge is 2.31. The normalized spacial score (nSPS) is 26.5. The molecule has 3 atom stereocenters. The molecule has 1 aliphatic heterocycles. The van der Waals surface area contributed by atoms with Gasteiger partial charge in [0.05, 0.1) is 6.10 Å². The molecule has 24 heavy (non-hydrogen) atoms. The fraction of sp³-hybridized carbons (Fsp3) is 0.632. The second-order valence-electron chi connectivity index (χ2n) is 7.27. The summed E-state index contributed by atoms with van der Waals surface area (Å²) in [6, 6.07) is 6.20. The maximum Gasteiger partial charge on any atom is 0.222 e. The van der Waals surface area contributed by atoms with Crippen LogP contribution in [0.5, 0.6) is 0 Å². The van der Waals surface area contributed by atoms with Gasteiger partial charge in [0.1, 0.15) is 5.82 Å². The minimum atomic E-state index is -0.592. The quantitative estimate of drug-likeness (QED) is 0.889. The molecule has 1 unspecified atom stereocenters. The molecule has 4 nitrogen and oxygen atoms in total. The number of aliphatic hydroxyl groups is 1. The highest BCUT2D eigenvalue weighted by Crippen LogP contribution is 2.32. The van der Waals surface area contributed by atoms with Crippen LogP contribution in [0, 0.1) is 17.7 Å². The summed E-state index contributed by atoms with van der Waals surface area (Å²) in [5.74, 6) is 0.358. The Labute approximate surface area is 142 Å². The van der Waals surface area contributed by atoms with Gasteiger partial charge in [0.25, 0.3) is 0 Å². The van der Waals surface area contributed by atoms with E-state index in [1.165, 1.54) is 12.1 Å². The molecule has 0 radical (unpaired) electrons. The number of halogens is 1. The summed E-state index contributed by atoms with van der Waals surface area (Å²) in [4.78, 5) is 14.4. The second kappa shape index (κ2) is 7.62. The first kappa shape index (κ1) is 17.4. The van der Waals surface area contributed by atoms with Gasteiger partial charge in [0, 0.05) is 25.6 Å². The van der Waals surface area contributed by atoms with Crippen LogP contribution in [0.25, 0.3) is 0 Å². The van der Waals surface area contributed by atoms with Crippen LogP contribution >= 0.6 is 0 Å². The molecule has 132 valence electrons. The van der Waals surface area contributed by atoms with E-state index in [4.69, 9.17) is 5.73 Å². The lowest BCUT2D eigenvalue weighted by molar-refractivity contribution is -0.134. The maximum absolute atomic E-state index is 13.0. The number of carbonyl (C=O) groups is 1. The number of rotatable bonds is 4. The van der Waals surface area contributed by atoms with Gasteiger partial charge in [-0.05, 0) is 55.2 Å². The number of amides is 1. The molecular formula is C19H27FN2O2. The molecule has 1 saturated carbocycles. The smallest absolute Gasteiger partial charge is 0.222 e. The zero-order valence-electron chi connectivity index (χ0n) is 14.0. The zero-order chi connectivity index (χ0) is 17.1. The Bertz CT molecular complexity index is 555. The van der Waals surface area contributed by atoms with E-state index < -0.39 is 6.10 Å². The van der Waals surface area contributed by atoms with E-state index >= 15 is 0 Å². The van der Waals surface area contributed by atoms with Crippen molar-refractivity contribution in [2.75, 3.05) is 13.1 Å². The number of benzene rings is 1. The molecule has 1 amide bonds. The van der Waals surface area contributed by atoms with Crippen molar-refractivity contribution < 1.29 is 14.3 Å². The Morgan fingerprint density at radius 3 is 2.46 bits per heavy atom. The molecule has 1 saturated heterocycles. The van der Waals surface area contributed by atoms with Crippen molar-refractivity contribution in [1.29, 1.82) is 0 Å². The van der Waals surface area contributed by atoms with Crippen LogP contribution in [0.4, 0.5) is 4.39 Å². The molecule has 1 heterocycles. The van der Waals surface area contributed by atoms with Crippen LogP contribution in [0.15, 0.2) is 24.3 Å². The molecule has 5 heteroatoms. The summed E-state index contributed by atoms with van der Waals surface area (Å²) in [6.07, 6.45) is 4.75. The molecule has 0 spiro atoms. The van der Waals surface area contributed by atoms with E-state index in [9.17, 15) is 14.3 Å². The first-order valence-electron chi connectivity index (χ1n) is 9.01. The highest BCUT2D eigenvalue weighted by molar-refractivity contribution is 5.76. The largest absolute Gasteiger partial charge is 0.388 e. The van der Waals surface area contributed by atoms with Gasteiger partial charge in [-0.3, -0.25) is 4.79 Å². The molecule has 0 bridgehead atoms. The Balaban J connectivity index is 1.49. The van der Waals surface area contributed by atoms with E-state index in [-0.39, 0.29) is 23.7 Å². The molecule has 2 fully saturated rings. The minimum Gasteiger partial charge on any atom is -0.388 e. The predicted octanol–water partition coefficient (Wildman–Crippen LogP) is 2.62. The Hall–Kier alpha value is -1.46. The Morgan fingerprint density at radius 1 is 1.21 bits per heavy atom. The molecule has 0 aromatic heterocycles. The number of hydrogen-bond donors (Lipinski definition) is 2. The van der Waals surface area contributed by atoms with Crippen LogP contribution in [0.3, 0.4) is 0 Å². The molecule has 3 rings (SSSR count). The number of aliphatic hydroxyl groups excluding tert-OH is 1. The second-order valence-corrected chi connectivity index (χ2v) is 7.27. The van der Waals surface area contributed by atoms with E-state index in [0.717, 1.165) is 37.7 Å². The number of nitrogens with zero attached hydrogens (tertiary/aromatic N) is 1. The van der Waals surface area contributed by atoms with Crippen molar-refractivity contribution in [3.8, 4) is 0 Å². The zero-order valence-corrected chi connectivity index (χ0v) is 14.0. The summed E-state index contributed by atoms with van der Waals surface area (Å²) in [7, 11) is 0. The number of carbonyl (C=O) groups excluding carboxylic acids is 1. The first-order valence-corrected chi connectivity index (χ1v) is 9.01. The topological polar surface area (TPSA) is 66.6 Å². The van der Waals surface area contributed by atoms with Crippen molar-refractivity contribution >= 4 is 5.91 Å². The fourth-order valence-electron chi connectivity index (χ4n) is 4.07. The van der Waals surface area contributed by atoms with Crippen LogP contribution in [0.2, 0.25) is 0 Å². The SMILES string of the molecule is N[C@@H]1CCC[C@H]1CC(=O)N1CCC(C(O)c2ccc(F)cc2)CC1. The summed E-state index contributed by atoms with van der Waals surface area (Å²) in [5, 5.41) is 10.5. The summed E-state index contributed by atoms with van der Waals surface area (Å²) < 4.78 is 13.0. The standard InChI is InChI=1S/C19H27FN2O2/c20-16-6-4-13(5-7-16)19(24)14-8-10-22(11-9-14)18(23)12-15-2-1-3-17(15)21/h4-7,14-15,17,19,24H,1-3,8-12,21H2/t15-,17+,19?/m0/s1. The van der Waals surface area contributed by atoms with Crippen LogP contribution in [-0.4, -0.2) is 35.0 Å². The molecule has 1 aromatic rings. The van der Waals surface area contributed by atoms with Gasteiger partial charge >= 0.3 is 0 Å². The van der Waals surface area contributed by atoms with Gasteiger partial charge in [-0.15, -0.1) is 0 Å². The first-order chi connectivity index (χ1) is 11.5. The molecule has 1 aliphatic carbocycles. The van der Waals surface area contributed by atoms with Crippen molar-refractivity contribution in [2.24, 2.45) is 17.6 Å². The molecular weight excluding hydrogens is 307 g/mol. The van der Waals surface area contributed by atoms with Gasteiger partial charge in [0.15, 0.2) is 0 Å². The summed E-state index contributed by atoms with van der Waals surface area (Å²) >= 11 is 0. The van der Waals surface area contributed by atoms with Gasteiger partial charge in [-0.25, -0.2) is 4.39 Å². The van der Waals surface area contributed by atoms with Crippen LogP contribution in [-0.2, 0) is 4.79 Å². The van der Waals surface area contributed by atoms with E-state index in [2.05, 4.69) is 0 Å². The number of piperidine rings is 1. The molecule has 3 N–H and O–H groups in total. The summed E-state index contributed by atoms with van der Waals surface area (Å²) in [5.41, 5.74) is 6.81. The van der Waals surface area contributed by atoms with Gasteiger partial charge in [0.2, 0.25) is 5.91 Å². The third-order valence-corrected chi connectivity index (χ3v) is 5.71. The minimum absolute atomic E-state index is 0.119. The Morgan fingerprint density at radius 2 is 1.88 bits per heavy atom. The monoisotopic (exact) mass is 334 g/mol. The molecule has 2 aliphatic rings. The Kier molecular flexibility index (Phi) is 5.51. The van der Waals surface area contributed by atoms with Gasteiger partial charge in [-0.2, -0.15) is 0 Å². The lowest BCUT2D eigenvalue weighted by Gasteiger charge is -2.35. The summed E-state index contributed by atoms with van der Waals surface area (Å²) in [6.45, 7) is 1.37. The lowest BCUT2D eigenvalue weighted by Crippen LogP contribution is -2.41. The highest BCUT2D eigenvalue weighted by atomic mass is 19.1.